The van der Waals surface area contributed by atoms with E-state index in [-0.39, 0.29) is 16.3 Å². The smallest absolute Gasteiger partial charge is 0.261 e. The molecule has 1 fully saturated rings. The fraction of sp³-hybridized carbons (Fsp3) is 0.533. The minimum absolute atomic E-state index is 0.0309. The number of nitrogens with one attached hydrogen (secondary N) is 1. The molecule has 0 radical (unpaired) electrons. The van der Waals surface area contributed by atoms with Gasteiger partial charge in [-0.05, 0) is 62.8 Å². The molecule has 1 aliphatic carbocycles. The molecule has 0 heterocycles. The molecule has 1 amide bonds. The minimum Gasteiger partial charge on any atom is -0.347 e. The normalized spacial score (nSPS) is 17.1. The van der Waals surface area contributed by atoms with Gasteiger partial charge in [0.25, 0.3) is 15.0 Å². The quantitative estimate of drug-likeness (QED) is 0.862. The number of carbonyl (C=O) groups excluding carboxylic acids is 1. The molecule has 21 heavy (non-hydrogen) atoms. The number of amides is 1. The fourth-order valence-corrected chi connectivity index (χ4v) is 3.52. The second-order valence-electron chi connectivity index (χ2n) is 5.79. The molecule has 0 unspecified atom stereocenters. The van der Waals surface area contributed by atoms with Crippen molar-refractivity contribution in [1.82, 2.24) is 5.32 Å². The van der Waals surface area contributed by atoms with Crippen molar-refractivity contribution in [3.05, 3.63) is 28.8 Å². The van der Waals surface area contributed by atoms with E-state index in [0.717, 1.165) is 36.8 Å². The summed E-state index contributed by atoms with van der Waals surface area (Å²) < 4.78 is 23.0. The van der Waals surface area contributed by atoms with E-state index in [0.29, 0.717) is 5.56 Å². The van der Waals surface area contributed by atoms with Crippen molar-refractivity contribution in [3.8, 4) is 0 Å². The highest BCUT2D eigenvalue weighted by Gasteiger charge is 2.37. The molecule has 0 aliphatic heterocycles. The third-order valence-corrected chi connectivity index (χ3v) is 5.87. The Balaban J connectivity index is 2.39. The van der Waals surface area contributed by atoms with Gasteiger partial charge in [0.15, 0.2) is 0 Å². The first kappa shape index (κ1) is 16.3. The van der Waals surface area contributed by atoms with Gasteiger partial charge in [-0.1, -0.05) is 6.92 Å². The summed E-state index contributed by atoms with van der Waals surface area (Å²) >= 11 is 0. The van der Waals surface area contributed by atoms with Crippen LogP contribution in [0.3, 0.4) is 0 Å². The van der Waals surface area contributed by atoms with Crippen LogP contribution in [0, 0.1) is 13.8 Å². The first-order chi connectivity index (χ1) is 9.68. The van der Waals surface area contributed by atoms with Crippen LogP contribution in [-0.2, 0) is 9.05 Å². The highest BCUT2D eigenvalue weighted by Crippen LogP contribution is 2.35. The Kier molecular flexibility index (Phi) is 4.36. The van der Waals surface area contributed by atoms with Crippen LogP contribution >= 0.6 is 10.7 Å². The Labute approximate surface area is 130 Å². The van der Waals surface area contributed by atoms with Gasteiger partial charge in [0.05, 0.1) is 4.90 Å². The largest absolute Gasteiger partial charge is 0.347 e. The van der Waals surface area contributed by atoms with Crippen molar-refractivity contribution < 1.29 is 13.2 Å². The Morgan fingerprint density at radius 1 is 1.33 bits per heavy atom. The van der Waals surface area contributed by atoms with E-state index in [2.05, 4.69) is 12.2 Å². The van der Waals surface area contributed by atoms with Crippen molar-refractivity contribution in [3.63, 3.8) is 0 Å². The fourth-order valence-electron chi connectivity index (χ4n) is 2.68. The van der Waals surface area contributed by atoms with Crippen molar-refractivity contribution >= 4 is 25.6 Å². The van der Waals surface area contributed by atoms with E-state index < -0.39 is 9.05 Å². The molecule has 6 heteroatoms. The van der Waals surface area contributed by atoms with Gasteiger partial charge in [-0.15, -0.1) is 0 Å². The molecule has 2 rings (SSSR count). The predicted molar refractivity (Wildman–Crippen MR) is 83.3 cm³/mol. The lowest BCUT2D eigenvalue weighted by molar-refractivity contribution is 0.0819. The number of hydrogen-bond acceptors (Lipinski definition) is 3. The van der Waals surface area contributed by atoms with E-state index in [4.69, 9.17) is 10.7 Å². The van der Waals surface area contributed by atoms with Crippen LogP contribution < -0.4 is 5.32 Å². The maximum absolute atomic E-state index is 12.5. The number of halogens is 1. The Bertz CT molecular complexity index is 673. The van der Waals surface area contributed by atoms with Gasteiger partial charge in [-0.2, -0.15) is 0 Å². The summed E-state index contributed by atoms with van der Waals surface area (Å²) in [6, 6.07) is 2.86. The summed E-state index contributed by atoms with van der Waals surface area (Å²) in [4.78, 5) is 12.5. The SMILES string of the molecule is CCC1(NC(=O)c2cc(S(=O)(=O)Cl)cc(C)c2C)CCC1. The van der Waals surface area contributed by atoms with Gasteiger partial charge in [-0.3, -0.25) is 4.79 Å². The number of aryl methyl sites for hydroxylation is 1. The van der Waals surface area contributed by atoms with Crippen molar-refractivity contribution in [1.29, 1.82) is 0 Å². The molecule has 0 spiro atoms. The Hall–Kier alpha value is -1.07. The van der Waals surface area contributed by atoms with Gasteiger partial charge >= 0.3 is 0 Å². The lowest BCUT2D eigenvalue weighted by Gasteiger charge is -2.42. The van der Waals surface area contributed by atoms with Gasteiger partial charge in [0.2, 0.25) is 0 Å². The van der Waals surface area contributed by atoms with E-state index >= 15 is 0 Å². The molecule has 1 saturated carbocycles. The molecule has 0 saturated heterocycles. The highest BCUT2D eigenvalue weighted by molar-refractivity contribution is 8.13. The summed E-state index contributed by atoms with van der Waals surface area (Å²) in [6.45, 7) is 5.64. The number of benzene rings is 1. The van der Waals surface area contributed by atoms with E-state index in [9.17, 15) is 13.2 Å². The molecule has 0 atom stereocenters. The van der Waals surface area contributed by atoms with Crippen molar-refractivity contribution in [2.75, 3.05) is 0 Å². The predicted octanol–water partition coefficient (Wildman–Crippen LogP) is 3.29. The molecule has 0 bridgehead atoms. The molecule has 1 aromatic carbocycles. The summed E-state index contributed by atoms with van der Waals surface area (Å²) in [5.41, 5.74) is 1.77. The van der Waals surface area contributed by atoms with E-state index in [1.165, 1.54) is 12.1 Å². The third-order valence-electron chi connectivity index (χ3n) is 4.53. The molecule has 1 aliphatic rings. The summed E-state index contributed by atoms with van der Waals surface area (Å²) in [6.07, 6.45) is 3.94. The van der Waals surface area contributed by atoms with E-state index in [1.807, 2.05) is 6.92 Å². The van der Waals surface area contributed by atoms with Gasteiger partial charge < -0.3 is 5.32 Å². The topological polar surface area (TPSA) is 63.2 Å². The molecular formula is C15H20ClNO3S. The van der Waals surface area contributed by atoms with Gasteiger partial charge in [0, 0.05) is 21.8 Å². The molecule has 4 nitrogen and oxygen atoms in total. The maximum atomic E-state index is 12.5. The van der Waals surface area contributed by atoms with Crippen LogP contribution in [0.1, 0.15) is 54.1 Å². The van der Waals surface area contributed by atoms with Crippen LogP contribution in [0.15, 0.2) is 17.0 Å². The lowest BCUT2D eigenvalue weighted by Crippen LogP contribution is -2.53. The average molecular weight is 330 g/mol. The molecule has 116 valence electrons. The van der Waals surface area contributed by atoms with Crippen LogP contribution in [-0.4, -0.2) is 19.9 Å². The Morgan fingerprint density at radius 3 is 2.38 bits per heavy atom. The lowest BCUT2D eigenvalue weighted by atomic mass is 9.74. The van der Waals surface area contributed by atoms with Crippen molar-refractivity contribution in [2.45, 2.75) is 56.9 Å². The zero-order valence-electron chi connectivity index (χ0n) is 12.5. The van der Waals surface area contributed by atoms with Crippen LogP contribution in [0.5, 0.6) is 0 Å². The molecule has 0 aromatic heterocycles. The zero-order chi connectivity index (χ0) is 15.8. The summed E-state index contributed by atoms with van der Waals surface area (Å²) in [5, 5.41) is 3.07. The maximum Gasteiger partial charge on any atom is 0.261 e. The first-order valence-corrected chi connectivity index (χ1v) is 9.38. The van der Waals surface area contributed by atoms with E-state index in [1.54, 1.807) is 6.92 Å². The molecular weight excluding hydrogens is 310 g/mol. The van der Waals surface area contributed by atoms with Crippen LogP contribution in [0.2, 0.25) is 0 Å². The highest BCUT2D eigenvalue weighted by atomic mass is 35.7. The number of carbonyl (C=O) groups is 1. The second kappa shape index (κ2) is 5.61. The average Bonchev–Trinajstić information content (AvgIpc) is 2.35. The second-order valence-corrected chi connectivity index (χ2v) is 8.36. The molecule has 1 aromatic rings. The monoisotopic (exact) mass is 329 g/mol. The number of rotatable bonds is 4. The Morgan fingerprint density at radius 2 is 1.95 bits per heavy atom. The van der Waals surface area contributed by atoms with Crippen LogP contribution in [0.25, 0.3) is 0 Å². The molecule has 1 N–H and O–H groups in total. The van der Waals surface area contributed by atoms with Crippen molar-refractivity contribution in [2.24, 2.45) is 0 Å². The number of hydrogen-bond donors (Lipinski definition) is 1. The first-order valence-electron chi connectivity index (χ1n) is 7.07. The summed E-state index contributed by atoms with van der Waals surface area (Å²) in [7, 11) is 1.55. The third kappa shape index (κ3) is 3.24. The summed E-state index contributed by atoms with van der Waals surface area (Å²) in [5.74, 6) is -0.223. The van der Waals surface area contributed by atoms with Crippen LogP contribution in [0.4, 0.5) is 0 Å². The standard InChI is InChI=1S/C15H20ClNO3S/c1-4-15(6-5-7-15)17-14(18)13-9-12(21(16,19)20)8-10(2)11(13)3/h8-9H,4-7H2,1-3H3,(H,17,18). The minimum atomic E-state index is -3.85. The zero-order valence-corrected chi connectivity index (χ0v) is 14.1. The van der Waals surface area contributed by atoms with Gasteiger partial charge in [-0.25, -0.2) is 8.42 Å². The van der Waals surface area contributed by atoms with Gasteiger partial charge in [0.1, 0.15) is 0 Å².